The summed E-state index contributed by atoms with van der Waals surface area (Å²) in [5.41, 5.74) is 5.85. The van der Waals surface area contributed by atoms with E-state index < -0.39 is 5.60 Å². The van der Waals surface area contributed by atoms with Crippen LogP contribution in [0.2, 0.25) is 0 Å². The maximum atomic E-state index is 13.8. The van der Waals surface area contributed by atoms with Crippen LogP contribution in [0.4, 0.5) is 4.39 Å². The van der Waals surface area contributed by atoms with Crippen molar-refractivity contribution in [2.24, 2.45) is 11.7 Å². The molecule has 0 aliphatic heterocycles. The number of allylic oxidation sites excluding steroid dienone is 2. The van der Waals surface area contributed by atoms with E-state index in [2.05, 4.69) is 21.2 Å². The van der Waals surface area contributed by atoms with Crippen LogP contribution in [0.15, 0.2) is 22.1 Å². The lowest BCUT2D eigenvalue weighted by Crippen LogP contribution is -2.54. The zero-order valence-electron chi connectivity index (χ0n) is 10.0. The highest BCUT2D eigenvalue weighted by molar-refractivity contribution is 9.11. The summed E-state index contributed by atoms with van der Waals surface area (Å²) in [6, 6.07) is -0.241. The maximum absolute atomic E-state index is 13.8. The second-order valence-electron chi connectivity index (χ2n) is 5.35. The van der Waals surface area contributed by atoms with Crippen molar-refractivity contribution in [1.82, 2.24) is 5.32 Å². The zero-order valence-corrected chi connectivity index (χ0v) is 11.6. The molecule has 1 saturated carbocycles. The van der Waals surface area contributed by atoms with E-state index in [0.29, 0.717) is 18.5 Å². The maximum Gasteiger partial charge on any atom is 0.144 e. The molecule has 5 heteroatoms. The molecule has 2 unspecified atom stereocenters. The first-order chi connectivity index (χ1) is 7.80. The number of aliphatic hydroxyl groups is 1. The van der Waals surface area contributed by atoms with Gasteiger partial charge < -0.3 is 16.2 Å². The second-order valence-corrected chi connectivity index (χ2v) is 6.27. The Kier molecular flexibility index (Phi) is 3.36. The van der Waals surface area contributed by atoms with Gasteiger partial charge in [-0.3, -0.25) is 0 Å². The minimum atomic E-state index is -0.616. The van der Waals surface area contributed by atoms with Crippen LogP contribution in [-0.4, -0.2) is 22.8 Å². The molecule has 0 aromatic carbocycles. The van der Waals surface area contributed by atoms with E-state index in [0.717, 1.165) is 4.48 Å². The molecule has 0 spiro atoms. The fraction of sp³-hybridized carbons (Fsp3) is 0.667. The van der Waals surface area contributed by atoms with Gasteiger partial charge in [-0.1, -0.05) is 22.9 Å². The van der Waals surface area contributed by atoms with E-state index in [1.54, 1.807) is 6.92 Å². The van der Waals surface area contributed by atoms with E-state index in [1.807, 2.05) is 6.92 Å². The normalized spacial score (nSPS) is 42.0. The lowest BCUT2D eigenvalue weighted by atomic mass is 9.77. The van der Waals surface area contributed by atoms with E-state index in [4.69, 9.17) is 5.73 Å². The molecule has 3 nitrogen and oxygen atoms in total. The summed E-state index contributed by atoms with van der Waals surface area (Å²) < 4.78 is 14.6. The summed E-state index contributed by atoms with van der Waals surface area (Å²) in [5, 5.41) is 12.8. The van der Waals surface area contributed by atoms with Gasteiger partial charge in [-0.05, 0) is 25.8 Å². The number of hydrogen-bond acceptors (Lipinski definition) is 3. The van der Waals surface area contributed by atoms with E-state index >= 15 is 0 Å². The van der Waals surface area contributed by atoms with Gasteiger partial charge in [0.25, 0.3) is 0 Å². The molecule has 0 bridgehead atoms. The SMILES string of the molecule is CC1C(Br)=CC(F)=C(NC2CC(C)(O)C2)C1N. The Hall–Kier alpha value is -0.390. The largest absolute Gasteiger partial charge is 0.390 e. The van der Waals surface area contributed by atoms with Gasteiger partial charge >= 0.3 is 0 Å². The third kappa shape index (κ3) is 2.56. The van der Waals surface area contributed by atoms with Crippen LogP contribution in [0.1, 0.15) is 26.7 Å². The molecule has 2 rings (SSSR count). The zero-order chi connectivity index (χ0) is 12.8. The lowest BCUT2D eigenvalue weighted by molar-refractivity contribution is -0.0370. The van der Waals surface area contributed by atoms with Crippen molar-refractivity contribution in [1.29, 1.82) is 0 Å². The summed E-state index contributed by atoms with van der Waals surface area (Å²) in [5.74, 6) is -0.244. The van der Waals surface area contributed by atoms with Gasteiger partial charge in [0.05, 0.1) is 17.3 Å². The Morgan fingerprint density at radius 3 is 2.71 bits per heavy atom. The van der Waals surface area contributed by atoms with Crippen LogP contribution in [0.5, 0.6) is 0 Å². The van der Waals surface area contributed by atoms with E-state index in [1.165, 1.54) is 6.08 Å². The number of nitrogens with one attached hydrogen (secondary N) is 1. The minimum absolute atomic E-state index is 0.0672. The van der Waals surface area contributed by atoms with Crippen LogP contribution in [0.25, 0.3) is 0 Å². The van der Waals surface area contributed by atoms with Gasteiger partial charge in [-0.25, -0.2) is 4.39 Å². The van der Waals surface area contributed by atoms with Crippen LogP contribution < -0.4 is 11.1 Å². The summed E-state index contributed by atoms with van der Waals surface area (Å²) in [6.45, 7) is 3.74. The van der Waals surface area contributed by atoms with Gasteiger partial charge in [-0.2, -0.15) is 0 Å². The smallest absolute Gasteiger partial charge is 0.144 e. The molecule has 0 radical (unpaired) electrons. The molecule has 1 fully saturated rings. The Morgan fingerprint density at radius 2 is 2.18 bits per heavy atom. The topological polar surface area (TPSA) is 58.3 Å². The third-order valence-electron chi connectivity index (χ3n) is 3.56. The van der Waals surface area contributed by atoms with Crippen LogP contribution in [0.3, 0.4) is 0 Å². The lowest BCUT2D eigenvalue weighted by Gasteiger charge is -2.43. The fourth-order valence-electron chi connectivity index (χ4n) is 2.40. The molecule has 96 valence electrons. The predicted octanol–water partition coefficient (Wildman–Crippen LogP) is 1.93. The molecular weight excluding hydrogens is 287 g/mol. The molecule has 0 aromatic heterocycles. The predicted molar refractivity (Wildman–Crippen MR) is 69.1 cm³/mol. The molecule has 0 aromatic rings. The molecule has 2 aliphatic carbocycles. The third-order valence-corrected chi connectivity index (χ3v) is 4.51. The molecule has 0 saturated heterocycles. The first-order valence-corrected chi connectivity index (χ1v) is 6.61. The van der Waals surface area contributed by atoms with Crippen molar-refractivity contribution in [3.05, 3.63) is 22.1 Å². The van der Waals surface area contributed by atoms with Crippen LogP contribution in [-0.2, 0) is 0 Å². The number of hydrogen-bond donors (Lipinski definition) is 3. The first kappa shape index (κ1) is 13.1. The highest BCUT2D eigenvalue weighted by Crippen LogP contribution is 2.35. The number of nitrogens with two attached hydrogens (primary N) is 1. The highest BCUT2D eigenvalue weighted by Gasteiger charge is 2.40. The molecule has 4 N–H and O–H groups in total. The summed E-state index contributed by atoms with van der Waals surface area (Å²) in [7, 11) is 0. The second kappa shape index (κ2) is 4.37. The monoisotopic (exact) mass is 304 g/mol. The first-order valence-electron chi connectivity index (χ1n) is 5.81. The van der Waals surface area contributed by atoms with Gasteiger partial charge in [0.1, 0.15) is 5.83 Å². The molecule has 2 aliphatic rings. The van der Waals surface area contributed by atoms with Crippen molar-refractivity contribution in [2.45, 2.75) is 44.4 Å². The van der Waals surface area contributed by atoms with E-state index in [9.17, 15) is 9.50 Å². The molecule has 17 heavy (non-hydrogen) atoms. The molecular formula is C12H18BrFN2O. The average Bonchev–Trinajstić information content (AvgIpc) is 2.18. The minimum Gasteiger partial charge on any atom is -0.390 e. The number of rotatable bonds is 2. The van der Waals surface area contributed by atoms with Gasteiger partial charge in [0.15, 0.2) is 0 Å². The molecule has 0 amide bonds. The standard InChI is InChI=1S/C12H18BrFN2O/c1-6-8(13)3-9(14)11(10(6)15)16-7-4-12(2,17)5-7/h3,6-7,10,16-17H,4-5,15H2,1-2H3. The summed E-state index contributed by atoms with van der Waals surface area (Å²) in [4.78, 5) is 0. The summed E-state index contributed by atoms with van der Waals surface area (Å²) >= 11 is 3.32. The van der Waals surface area contributed by atoms with E-state index in [-0.39, 0.29) is 23.8 Å². The van der Waals surface area contributed by atoms with Gasteiger partial charge in [0.2, 0.25) is 0 Å². The van der Waals surface area contributed by atoms with Gasteiger partial charge in [-0.15, -0.1) is 0 Å². The number of halogens is 2. The van der Waals surface area contributed by atoms with Crippen molar-refractivity contribution < 1.29 is 9.50 Å². The molecule has 0 heterocycles. The highest BCUT2D eigenvalue weighted by atomic mass is 79.9. The van der Waals surface area contributed by atoms with Crippen molar-refractivity contribution in [2.75, 3.05) is 0 Å². The Bertz CT molecular complexity index is 384. The summed E-state index contributed by atoms with van der Waals surface area (Å²) in [6.07, 6.45) is 2.73. The van der Waals surface area contributed by atoms with Crippen molar-refractivity contribution >= 4 is 15.9 Å². The average molecular weight is 305 g/mol. The van der Waals surface area contributed by atoms with Crippen LogP contribution >= 0.6 is 15.9 Å². The Labute approximate surface area is 109 Å². The fourth-order valence-corrected chi connectivity index (χ4v) is 2.89. The van der Waals surface area contributed by atoms with Crippen molar-refractivity contribution in [3.63, 3.8) is 0 Å². The Balaban J connectivity index is 2.07. The quantitative estimate of drug-likeness (QED) is 0.730. The van der Waals surface area contributed by atoms with Crippen molar-refractivity contribution in [3.8, 4) is 0 Å². The molecule has 2 atom stereocenters. The van der Waals surface area contributed by atoms with Crippen LogP contribution in [0, 0.1) is 5.92 Å². The Morgan fingerprint density at radius 1 is 1.59 bits per heavy atom. The van der Waals surface area contributed by atoms with Gasteiger partial charge in [0, 0.05) is 16.4 Å².